The van der Waals surface area contributed by atoms with Crippen LogP contribution in [0.4, 0.5) is 0 Å². The van der Waals surface area contributed by atoms with Crippen molar-refractivity contribution in [2.24, 2.45) is 5.92 Å². The van der Waals surface area contributed by atoms with Gasteiger partial charge in [0.2, 0.25) is 5.91 Å². The van der Waals surface area contributed by atoms with Crippen LogP contribution in [0.15, 0.2) is 66.3 Å². The molecule has 1 atom stereocenters. The lowest BCUT2D eigenvalue weighted by Gasteiger charge is -2.24. The van der Waals surface area contributed by atoms with E-state index >= 15 is 0 Å². The first-order valence-electron chi connectivity index (χ1n) is 7.00. The van der Waals surface area contributed by atoms with Crippen LogP contribution in [-0.4, -0.2) is 23.6 Å². The first-order valence-corrected chi connectivity index (χ1v) is 7.00. The molecular weight excluding hydrogens is 262 g/mol. The highest BCUT2D eigenvalue weighted by Crippen LogP contribution is 2.14. The van der Waals surface area contributed by atoms with Crippen molar-refractivity contribution >= 4 is 12.2 Å². The standard InChI is InChI=1S/C18H19NO2/c1-15(21)19(12-16-7-3-2-4-8-16)13-17-9-5-6-10-18(11-17)14-20/h2-11,14,17H,12-13H2,1H3. The molecular formula is C18H19NO2. The molecule has 0 saturated heterocycles. The average molecular weight is 281 g/mol. The Kier molecular flexibility index (Phi) is 5.27. The Morgan fingerprint density at radius 2 is 2.00 bits per heavy atom. The summed E-state index contributed by atoms with van der Waals surface area (Å²) in [6.45, 7) is 2.73. The summed E-state index contributed by atoms with van der Waals surface area (Å²) >= 11 is 0. The SMILES string of the molecule is CC(=O)N(Cc1ccccc1)CC1C=CC=CC(C=O)=C1. The van der Waals surface area contributed by atoms with E-state index in [1.54, 1.807) is 17.9 Å². The third kappa shape index (κ3) is 4.56. The number of allylic oxidation sites excluding steroid dienone is 4. The normalized spacial score (nSPS) is 17.0. The molecule has 0 aromatic heterocycles. The largest absolute Gasteiger partial charge is 0.338 e. The summed E-state index contributed by atoms with van der Waals surface area (Å²) in [4.78, 5) is 24.6. The van der Waals surface area contributed by atoms with E-state index in [9.17, 15) is 9.59 Å². The Bertz CT molecular complexity index is 584. The van der Waals surface area contributed by atoms with Crippen LogP contribution in [0.5, 0.6) is 0 Å². The third-order valence-corrected chi connectivity index (χ3v) is 3.39. The molecule has 1 amide bonds. The van der Waals surface area contributed by atoms with Gasteiger partial charge in [0.05, 0.1) is 0 Å². The van der Waals surface area contributed by atoms with Crippen molar-refractivity contribution in [3.63, 3.8) is 0 Å². The van der Waals surface area contributed by atoms with Crippen molar-refractivity contribution < 1.29 is 9.59 Å². The summed E-state index contributed by atoms with van der Waals surface area (Å²) in [6, 6.07) is 9.90. The number of benzene rings is 1. The lowest BCUT2D eigenvalue weighted by Crippen LogP contribution is -2.32. The van der Waals surface area contributed by atoms with Gasteiger partial charge in [-0.2, -0.15) is 0 Å². The molecule has 0 heterocycles. The fraction of sp³-hybridized carbons (Fsp3) is 0.222. The minimum Gasteiger partial charge on any atom is -0.338 e. The van der Waals surface area contributed by atoms with Crippen molar-refractivity contribution in [3.8, 4) is 0 Å². The van der Waals surface area contributed by atoms with Crippen LogP contribution in [0, 0.1) is 5.92 Å². The lowest BCUT2D eigenvalue weighted by atomic mass is 10.1. The minimum absolute atomic E-state index is 0.0329. The third-order valence-electron chi connectivity index (χ3n) is 3.39. The Morgan fingerprint density at radius 3 is 2.67 bits per heavy atom. The highest BCUT2D eigenvalue weighted by molar-refractivity contribution is 5.78. The topological polar surface area (TPSA) is 37.4 Å². The van der Waals surface area contributed by atoms with Crippen molar-refractivity contribution in [1.29, 1.82) is 0 Å². The van der Waals surface area contributed by atoms with Crippen molar-refractivity contribution in [3.05, 3.63) is 71.8 Å². The molecule has 0 N–H and O–H groups in total. The van der Waals surface area contributed by atoms with E-state index in [-0.39, 0.29) is 11.8 Å². The molecule has 21 heavy (non-hydrogen) atoms. The van der Waals surface area contributed by atoms with E-state index in [0.717, 1.165) is 11.8 Å². The summed E-state index contributed by atoms with van der Waals surface area (Å²) in [6.07, 6.45) is 10.3. The van der Waals surface area contributed by atoms with Crippen LogP contribution in [0.3, 0.4) is 0 Å². The maximum Gasteiger partial charge on any atom is 0.219 e. The summed E-state index contributed by atoms with van der Waals surface area (Å²) in [5.41, 5.74) is 1.75. The van der Waals surface area contributed by atoms with E-state index < -0.39 is 0 Å². The Labute approximate surface area is 125 Å². The Hall–Kier alpha value is -2.42. The molecule has 0 fully saturated rings. The smallest absolute Gasteiger partial charge is 0.219 e. The highest BCUT2D eigenvalue weighted by atomic mass is 16.2. The fourth-order valence-electron chi connectivity index (χ4n) is 2.29. The van der Waals surface area contributed by atoms with E-state index in [2.05, 4.69) is 0 Å². The molecule has 0 saturated carbocycles. The molecule has 0 spiro atoms. The number of rotatable bonds is 5. The number of aldehydes is 1. The number of nitrogens with zero attached hydrogens (tertiary/aromatic N) is 1. The van der Waals surface area contributed by atoms with Gasteiger partial charge in [0.15, 0.2) is 0 Å². The highest BCUT2D eigenvalue weighted by Gasteiger charge is 2.14. The first-order chi connectivity index (χ1) is 10.2. The van der Waals surface area contributed by atoms with Crippen LogP contribution in [0.2, 0.25) is 0 Å². The van der Waals surface area contributed by atoms with Gasteiger partial charge in [-0.05, 0) is 5.56 Å². The molecule has 1 aromatic carbocycles. The number of hydrogen-bond donors (Lipinski definition) is 0. The zero-order valence-electron chi connectivity index (χ0n) is 12.1. The molecule has 0 bridgehead atoms. The van der Waals surface area contributed by atoms with Gasteiger partial charge in [-0.25, -0.2) is 0 Å². The minimum atomic E-state index is 0.0329. The summed E-state index contributed by atoms with van der Waals surface area (Å²) in [7, 11) is 0. The maximum absolute atomic E-state index is 11.9. The molecule has 0 aliphatic heterocycles. The molecule has 1 aromatic rings. The van der Waals surface area contributed by atoms with Gasteiger partial charge < -0.3 is 4.90 Å². The molecule has 1 unspecified atom stereocenters. The zero-order valence-corrected chi connectivity index (χ0v) is 12.1. The first kappa shape index (κ1) is 15.0. The van der Waals surface area contributed by atoms with E-state index in [1.807, 2.05) is 54.6 Å². The van der Waals surface area contributed by atoms with Crippen LogP contribution in [0.25, 0.3) is 0 Å². The summed E-state index contributed by atoms with van der Waals surface area (Å²) in [5.74, 6) is 0.0818. The van der Waals surface area contributed by atoms with Gasteiger partial charge in [0, 0.05) is 31.5 Å². The molecule has 3 nitrogen and oxygen atoms in total. The summed E-state index contributed by atoms with van der Waals surface area (Å²) < 4.78 is 0. The Balaban J connectivity index is 2.09. The number of carbonyl (C=O) groups is 2. The van der Waals surface area contributed by atoms with E-state index in [0.29, 0.717) is 18.7 Å². The van der Waals surface area contributed by atoms with Crippen molar-refractivity contribution in [2.75, 3.05) is 6.54 Å². The molecule has 1 aliphatic carbocycles. The van der Waals surface area contributed by atoms with Crippen LogP contribution < -0.4 is 0 Å². The predicted octanol–water partition coefficient (Wildman–Crippen LogP) is 2.90. The molecule has 3 heteroatoms. The Morgan fingerprint density at radius 1 is 1.24 bits per heavy atom. The van der Waals surface area contributed by atoms with E-state index in [1.165, 1.54) is 0 Å². The van der Waals surface area contributed by atoms with Crippen molar-refractivity contribution in [1.82, 2.24) is 4.90 Å². The lowest BCUT2D eigenvalue weighted by molar-refractivity contribution is -0.129. The maximum atomic E-state index is 11.9. The van der Waals surface area contributed by atoms with Crippen LogP contribution in [-0.2, 0) is 16.1 Å². The van der Waals surface area contributed by atoms with Crippen molar-refractivity contribution in [2.45, 2.75) is 13.5 Å². The number of amides is 1. The van der Waals surface area contributed by atoms with Gasteiger partial charge in [0.25, 0.3) is 0 Å². The molecule has 108 valence electrons. The molecule has 1 aliphatic rings. The fourth-order valence-corrected chi connectivity index (χ4v) is 2.29. The van der Waals surface area contributed by atoms with Gasteiger partial charge >= 0.3 is 0 Å². The van der Waals surface area contributed by atoms with Gasteiger partial charge in [0.1, 0.15) is 6.29 Å². The van der Waals surface area contributed by atoms with E-state index in [4.69, 9.17) is 0 Å². The quantitative estimate of drug-likeness (QED) is 0.778. The molecule has 2 rings (SSSR count). The number of hydrogen-bond acceptors (Lipinski definition) is 2. The average Bonchev–Trinajstić information content (AvgIpc) is 2.72. The van der Waals surface area contributed by atoms with Crippen LogP contribution >= 0.6 is 0 Å². The van der Waals surface area contributed by atoms with Gasteiger partial charge in [-0.3, -0.25) is 9.59 Å². The predicted molar refractivity (Wildman–Crippen MR) is 83.5 cm³/mol. The summed E-state index contributed by atoms with van der Waals surface area (Å²) in [5, 5.41) is 0. The number of carbonyl (C=O) groups excluding carboxylic acids is 2. The second-order valence-electron chi connectivity index (χ2n) is 5.08. The van der Waals surface area contributed by atoms with Gasteiger partial charge in [-0.1, -0.05) is 60.7 Å². The monoisotopic (exact) mass is 281 g/mol. The van der Waals surface area contributed by atoms with Gasteiger partial charge in [-0.15, -0.1) is 0 Å². The molecule has 0 radical (unpaired) electrons. The van der Waals surface area contributed by atoms with Crippen LogP contribution in [0.1, 0.15) is 12.5 Å². The zero-order chi connectivity index (χ0) is 15.1. The second-order valence-corrected chi connectivity index (χ2v) is 5.08. The second kappa shape index (κ2) is 7.39.